The summed E-state index contributed by atoms with van der Waals surface area (Å²) in [6.07, 6.45) is 0. The minimum atomic E-state index is -0.655. The molecule has 0 aliphatic carbocycles. The Morgan fingerprint density at radius 2 is 1.81 bits per heavy atom. The van der Waals surface area contributed by atoms with Gasteiger partial charge in [0.15, 0.2) is 5.78 Å². The first-order valence-electron chi connectivity index (χ1n) is 5.93. The molecule has 2 aromatic rings. The van der Waals surface area contributed by atoms with Crippen LogP contribution >= 0.6 is 27.5 Å². The Morgan fingerprint density at radius 1 is 1.14 bits per heavy atom. The van der Waals surface area contributed by atoms with Gasteiger partial charge in [0, 0.05) is 6.07 Å². The van der Waals surface area contributed by atoms with Crippen LogP contribution in [-0.4, -0.2) is 5.78 Å². The van der Waals surface area contributed by atoms with Gasteiger partial charge in [-0.2, -0.15) is 0 Å². The molecule has 0 bridgehead atoms. The minimum Gasteiger partial charge on any atom is -0.455 e. The van der Waals surface area contributed by atoms with Crippen molar-refractivity contribution < 1.29 is 18.3 Å². The first kappa shape index (κ1) is 15.9. The van der Waals surface area contributed by atoms with Crippen molar-refractivity contribution in [3.8, 4) is 11.5 Å². The normalized spacial score (nSPS) is 10.6. The summed E-state index contributed by atoms with van der Waals surface area (Å²) in [4.78, 5) is 11.6. The van der Waals surface area contributed by atoms with Crippen molar-refractivity contribution >= 4 is 33.3 Å². The number of hydrogen-bond acceptors (Lipinski definition) is 2. The second kappa shape index (κ2) is 6.12. The Balaban J connectivity index is 2.51. The van der Waals surface area contributed by atoms with Gasteiger partial charge >= 0.3 is 0 Å². The zero-order valence-corrected chi connectivity index (χ0v) is 13.5. The van der Waals surface area contributed by atoms with Gasteiger partial charge in [0.05, 0.1) is 15.1 Å². The molecule has 2 rings (SSSR count). The summed E-state index contributed by atoms with van der Waals surface area (Å²) < 4.78 is 33.0. The van der Waals surface area contributed by atoms with Crippen LogP contribution < -0.4 is 4.74 Å². The van der Waals surface area contributed by atoms with Gasteiger partial charge in [0.25, 0.3) is 0 Å². The van der Waals surface area contributed by atoms with E-state index in [-0.39, 0.29) is 27.9 Å². The minimum absolute atomic E-state index is 0.0590. The van der Waals surface area contributed by atoms with Crippen LogP contribution in [0.5, 0.6) is 11.5 Å². The summed E-state index contributed by atoms with van der Waals surface area (Å²) in [5.41, 5.74) is 0.404. The van der Waals surface area contributed by atoms with Gasteiger partial charge in [-0.3, -0.25) is 4.79 Å². The van der Waals surface area contributed by atoms with Crippen molar-refractivity contribution in [3.63, 3.8) is 0 Å². The Labute approximate surface area is 133 Å². The van der Waals surface area contributed by atoms with Gasteiger partial charge in [-0.25, -0.2) is 8.78 Å². The number of carbonyl (C=O) groups excluding carboxylic acids is 1. The van der Waals surface area contributed by atoms with Crippen molar-refractivity contribution in [1.82, 2.24) is 0 Å². The van der Waals surface area contributed by atoms with Crippen molar-refractivity contribution in [1.29, 1.82) is 0 Å². The van der Waals surface area contributed by atoms with E-state index in [1.54, 1.807) is 6.92 Å². The average Bonchev–Trinajstić information content (AvgIpc) is 2.39. The fourth-order valence-corrected chi connectivity index (χ4v) is 2.44. The highest BCUT2D eigenvalue weighted by Crippen LogP contribution is 2.35. The molecule has 0 atom stereocenters. The SMILES string of the molecule is CC(=O)c1cc(F)c(C)cc1Oc1cc(F)c(Cl)cc1Br. The third-order valence-corrected chi connectivity index (χ3v) is 3.74. The first-order valence-corrected chi connectivity index (χ1v) is 7.10. The second-order valence-corrected chi connectivity index (χ2v) is 5.71. The molecule has 110 valence electrons. The molecule has 21 heavy (non-hydrogen) atoms. The monoisotopic (exact) mass is 374 g/mol. The molecule has 0 radical (unpaired) electrons. The van der Waals surface area contributed by atoms with Gasteiger partial charge in [0.2, 0.25) is 0 Å². The fraction of sp³-hybridized carbons (Fsp3) is 0.133. The lowest BCUT2D eigenvalue weighted by Gasteiger charge is -2.13. The van der Waals surface area contributed by atoms with Gasteiger partial charge in [-0.1, -0.05) is 11.6 Å². The molecule has 0 saturated carbocycles. The molecule has 6 heteroatoms. The van der Waals surface area contributed by atoms with E-state index in [0.717, 1.165) is 12.1 Å². The molecular weight excluding hydrogens is 366 g/mol. The number of aryl methyl sites for hydroxylation is 1. The highest BCUT2D eigenvalue weighted by molar-refractivity contribution is 9.10. The van der Waals surface area contributed by atoms with Crippen LogP contribution in [0.25, 0.3) is 0 Å². The number of hydrogen-bond donors (Lipinski definition) is 0. The summed E-state index contributed by atoms with van der Waals surface area (Å²) in [6.45, 7) is 2.85. The zero-order valence-electron chi connectivity index (χ0n) is 11.1. The van der Waals surface area contributed by atoms with Crippen LogP contribution in [0.2, 0.25) is 5.02 Å². The predicted molar refractivity (Wildman–Crippen MR) is 80.3 cm³/mol. The van der Waals surface area contributed by atoms with Gasteiger partial charge < -0.3 is 4.74 Å². The molecule has 0 aliphatic heterocycles. The Bertz CT molecular complexity index is 732. The van der Waals surface area contributed by atoms with E-state index in [0.29, 0.717) is 10.0 Å². The van der Waals surface area contributed by atoms with E-state index in [9.17, 15) is 13.6 Å². The summed E-state index contributed by atoms with van der Waals surface area (Å²) >= 11 is 8.85. The largest absolute Gasteiger partial charge is 0.455 e. The molecule has 0 unspecified atom stereocenters. The lowest BCUT2D eigenvalue weighted by Crippen LogP contribution is -2.00. The smallest absolute Gasteiger partial charge is 0.163 e. The summed E-state index contributed by atoms with van der Waals surface area (Å²) in [5, 5.41) is -0.0590. The van der Waals surface area contributed by atoms with Crippen LogP contribution in [0, 0.1) is 18.6 Å². The second-order valence-electron chi connectivity index (χ2n) is 4.45. The van der Waals surface area contributed by atoms with E-state index >= 15 is 0 Å². The van der Waals surface area contributed by atoms with Gasteiger partial charge in [-0.15, -0.1) is 0 Å². The number of halogens is 4. The van der Waals surface area contributed by atoms with Crippen LogP contribution in [0.1, 0.15) is 22.8 Å². The molecule has 0 N–H and O–H groups in total. The first-order chi connectivity index (χ1) is 9.79. The van der Waals surface area contributed by atoms with E-state index in [4.69, 9.17) is 16.3 Å². The van der Waals surface area contributed by atoms with Crippen LogP contribution in [0.3, 0.4) is 0 Å². The fourth-order valence-electron chi connectivity index (χ4n) is 1.72. The third kappa shape index (κ3) is 3.41. The van der Waals surface area contributed by atoms with Crippen molar-refractivity contribution in [2.45, 2.75) is 13.8 Å². The average molecular weight is 376 g/mol. The summed E-state index contributed by atoms with van der Waals surface area (Å²) in [6, 6.07) is 4.93. The zero-order chi connectivity index (χ0) is 15.7. The Hall–Kier alpha value is -1.46. The highest BCUT2D eigenvalue weighted by atomic mass is 79.9. The molecule has 0 amide bonds. The van der Waals surface area contributed by atoms with Gasteiger partial charge in [0.1, 0.15) is 23.1 Å². The van der Waals surface area contributed by atoms with E-state index in [1.165, 1.54) is 19.1 Å². The number of benzene rings is 2. The van der Waals surface area contributed by atoms with Gasteiger partial charge in [-0.05, 0) is 53.5 Å². The number of Topliss-reactive ketones (excluding diaryl/α,β-unsaturated/α-hetero) is 1. The quantitative estimate of drug-likeness (QED) is 0.509. The molecule has 0 saturated heterocycles. The maximum Gasteiger partial charge on any atom is 0.163 e. The highest BCUT2D eigenvalue weighted by Gasteiger charge is 2.16. The topological polar surface area (TPSA) is 26.3 Å². The standard InChI is InChI=1S/C15H10BrClF2O2/c1-7-3-14(9(8(2)20)4-12(7)18)21-15-6-13(19)11(17)5-10(15)16/h3-6H,1-2H3. The maximum absolute atomic E-state index is 13.6. The molecule has 0 spiro atoms. The molecular formula is C15H10BrClF2O2. The van der Waals surface area contributed by atoms with E-state index < -0.39 is 11.6 Å². The Morgan fingerprint density at radius 3 is 2.43 bits per heavy atom. The lowest BCUT2D eigenvalue weighted by molar-refractivity contribution is 0.101. The van der Waals surface area contributed by atoms with E-state index in [2.05, 4.69) is 15.9 Å². The predicted octanol–water partition coefficient (Wildman–Crippen LogP) is 5.68. The van der Waals surface area contributed by atoms with Crippen molar-refractivity contribution in [3.05, 3.63) is 56.5 Å². The number of ketones is 1. The van der Waals surface area contributed by atoms with Crippen molar-refractivity contribution in [2.75, 3.05) is 0 Å². The summed E-state index contributed by atoms with van der Waals surface area (Å²) in [7, 11) is 0. The molecule has 2 aromatic carbocycles. The molecule has 0 fully saturated rings. The van der Waals surface area contributed by atoms with Crippen LogP contribution in [0.15, 0.2) is 28.7 Å². The number of rotatable bonds is 3. The van der Waals surface area contributed by atoms with Crippen LogP contribution in [0.4, 0.5) is 8.78 Å². The molecule has 0 aromatic heterocycles. The van der Waals surface area contributed by atoms with Crippen molar-refractivity contribution in [2.24, 2.45) is 0 Å². The van der Waals surface area contributed by atoms with Crippen LogP contribution in [-0.2, 0) is 0 Å². The Kier molecular flexibility index (Phi) is 4.64. The lowest BCUT2D eigenvalue weighted by atomic mass is 10.1. The third-order valence-electron chi connectivity index (χ3n) is 2.83. The molecule has 2 nitrogen and oxygen atoms in total. The maximum atomic E-state index is 13.6. The van der Waals surface area contributed by atoms with E-state index in [1.807, 2.05) is 0 Å². The molecule has 0 heterocycles. The molecule has 0 aliphatic rings. The number of carbonyl (C=O) groups is 1. The number of ether oxygens (including phenoxy) is 1. The summed E-state index contributed by atoms with van der Waals surface area (Å²) in [5.74, 6) is -1.21.